The van der Waals surface area contributed by atoms with E-state index in [0.717, 1.165) is 36.7 Å². The molecular weight excluding hydrogens is 230 g/mol. The Hall–Kier alpha value is -0.540. The molecule has 1 aliphatic rings. The number of carbonyl (C=O) groups is 1. The number of thiophene rings is 1. The number of halogens is 1. The summed E-state index contributed by atoms with van der Waals surface area (Å²) >= 11 is 7.24. The molecule has 4 heteroatoms. The van der Waals surface area contributed by atoms with Crippen molar-refractivity contribution < 1.29 is 4.79 Å². The van der Waals surface area contributed by atoms with Gasteiger partial charge in [0.25, 0.3) is 5.91 Å². The largest absolute Gasteiger partial charge is 0.338 e. The molecule has 0 bridgehead atoms. The zero-order valence-electron chi connectivity index (χ0n) is 8.70. The molecule has 1 aliphatic heterocycles. The fraction of sp³-hybridized carbons (Fsp3) is 0.545. The molecule has 0 atom stereocenters. The van der Waals surface area contributed by atoms with Crippen molar-refractivity contribution in [2.75, 3.05) is 13.1 Å². The molecule has 1 aromatic rings. The van der Waals surface area contributed by atoms with Gasteiger partial charge in [0.1, 0.15) is 0 Å². The summed E-state index contributed by atoms with van der Waals surface area (Å²) in [5.74, 6) is 0.889. The first-order valence-electron chi connectivity index (χ1n) is 5.20. The topological polar surface area (TPSA) is 20.3 Å². The van der Waals surface area contributed by atoms with Crippen molar-refractivity contribution in [3.05, 3.63) is 21.3 Å². The van der Waals surface area contributed by atoms with Gasteiger partial charge < -0.3 is 4.90 Å². The smallest absolute Gasteiger partial charge is 0.263 e. The molecule has 15 heavy (non-hydrogen) atoms. The molecule has 0 aromatic carbocycles. The summed E-state index contributed by atoms with van der Waals surface area (Å²) in [5, 5.41) is 2.47. The number of nitrogens with zero attached hydrogens (tertiary/aromatic N) is 1. The predicted octanol–water partition coefficient (Wildman–Crippen LogP) is 3.27. The van der Waals surface area contributed by atoms with Gasteiger partial charge in [0.2, 0.25) is 0 Å². The van der Waals surface area contributed by atoms with Gasteiger partial charge in [-0.25, -0.2) is 0 Å². The van der Waals surface area contributed by atoms with Gasteiger partial charge in [0, 0.05) is 18.5 Å². The van der Waals surface area contributed by atoms with Crippen LogP contribution in [0.5, 0.6) is 0 Å². The number of piperidine rings is 1. The van der Waals surface area contributed by atoms with Gasteiger partial charge in [-0.2, -0.15) is 0 Å². The van der Waals surface area contributed by atoms with Crippen LogP contribution >= 0.6 is 22.9 Å². The highest BCUT2D eigenvalue weighted by molar-refractivity contribution is 7.12. The second-order valence-corrected chi connectivity index (χ2v) is 5.45. The van der Waals surface area contributed by atoms with Gasteiger partial charge in [-0.05, 0) is 24.8 Å². The lowest BCUT2D eigenvalue weighted by Crippen LogP contribution is -2.37. The molecule has 2 nitrogen and oxygen atoms in total. The minimum atomic E-state index is 0.138. The first kappa shape index (κ1) is 11.0. The van der Waals surface area contributed by atoms with Crippen LogP contribution in [0.4, 0.5) is 0 Å². The van der Waals surface area contributed by atoms with E-state index >= 15 is 0 Å². The number of hydrogen-bond acceptors (Lipinski definition) is 2. The van der Waals surface area contributed by atoms with E-state index in [0.29, 0.717) is 5.02 Å². The second kappa shape index (κ2) is 4.54. The van der Waals surface area contributed by atoms with Crippen LogP contribution in [0.3, 0.4) is 0 Å². The monoisotopic (exact) mass is 243 g/mol. The van der Waals surface area contributed by atoms with Crippen LogP contribution in [-0.4, -0.2) is 23.9 Å². The third-order valence-electron chi connectivity index (χ3n) is 2.85. The summed E-state index contributed by atoms with van der Waals surface area (Å²) in [6, 6.07) is 1.76. The van der Waals surface area contributed by atoms with Crippen LogP contribution in [0.2, 0.25) is 5.02 Å². The molecule has 0 spiro atoms. The number of likely N-dealkylation sites (tertiary alicyclic amines) is 1. The van der Waals surface area contributed by atoms with Crippen LogP contribution in [0.15, 0.2) is 11.4 Å². The summed E-state index contributed by atoms with van der Waals surface area (Å²) in [7, 11) is 0. The molecule has 2 heterocycles. The predicted molar refractivity (Wildman–Crippen MR) is 63.6 cm³/mol. The van der Waals surface area contributed by atoms with Crippen LogP contribution in [0.1, 0.15) is 29.4 Å². The van der Waals surface area contributed by atoms with Crippen LogP contribution in [-0.2, 0) is 0 Å². The Balaban J connectivity index is 2.02. The number of hydrogen-bond donors (Lipinski definition) is 0. The van der Waals surface area contributed by atoms with E-state index in [9.17, 15) is 4.79 Å². The fourth-order valence-electron chi connectivity index (χ4n) is 1.79. The van der Waals surface area contributed by atoms with Crippen LogP contribution < -0.4 is 0 Å². The quantitative estimate of drug-likeness (QED) is 0.741. The van der Waals surface area contributed by atoms with Crippen molar-refractivity contribution in [1.29, 1.82) is 0 Å². The third kappa shape index (κ3) is 2.52. The van der Waals surface area contributed by atoms with E-state index in [2.05, 4.69) is 6.92 Å². The number of carbonyl (C=O) groups excluding carboxylic acids is 1. The van der Waals surface area contributed by atoms with E-state index in [-0.39, 0.29) is 5.91 Å². The molecule has 0 N–H and O–H groups in total. The maximum Gasteiger partial charge on any atom is 0.263 e. The van der Waals surface area contributed by atoms with Gasteiger partial charge in [-0.3, -0.25) is 4.79 Å². The summed E-state index contributed by atoms with van der Waals surface area (Å²) < 4.78 is 0. The van der Waals surface area contributed by atoms with Gasteiger partial charge >= 0.3 is 0 Å². The van der Waals surface area contributed by atoms with E-state index in [1.807, 2.05) is 4.90 Å². The molecule has 82 valence electrons. The first-order chi connectivity index (χ1) is 7.16. The molecular formula is C11H14ClNOS. The molecule has 0 saturated carbocycles. The summed E-state index contributed by atoms with van der Waals surface area (Å²) in [5.41, 5.74) is 0. The Morgan fingerprint density at radius 3 is 2.73 bits per heavy atom. The normalized spacial score (nSPS) is 18.1. The average Bonchev–Trinajstić information content (AvgIpc) is 2.65. The molecule has 1 fully saturated rings. The van der Waals surface area contributed by atoms with Gasteiger partial charge in [0.15, 0.2) is 0 Å². The minimum absolute atomic E-state index is 0.138. The molecule has 1 aromatic heterocycles. The minimum Gasteiger partial charge on any atom is -0.338 e. The Morgan fingerprint density at radius 1 is 1.53 bits per heavy atom. The Morgan fingerprint density at radius 2 is 2.20 bits per heavy atom. The fourth-order valence-corrected chi connectivity index (χ4v) is 2.83. The van der Waals surface area contributed by atoms with Crippen molar-refractivity contribution in [2.45, 2.75) is 19.8 Å². The van der Waals surface area contributed by atoms with Crippen molar-refractivity contribution in [3.8, 4) is 0 Å². The van der Waals surface area contributed by atoms with Crippen molar-refractivity contribution in [2.24, 2.45) is 5.92 Å². The maximum absolute atomic E-state index is 12.0. The van der Waals surface area contributed by atoms with Crippen LogP contribution in [0, 0.1) is 5.92 Å². The molecule has 1 saturated heterocycles. The van der Waals surface area contributed by atoms with E-state index in [1.165, 1.54) is 11.3 Å². The maximum atomic E-state index is 12.0. The Bertz CT molecular complexity index is 355. The SMILES string of the molecule is CC1CCN(C(=O)c2cc(Cl)cs2)CC1. The van der Waals surface area contributed by atoms with E-state index < -0.39 is 0 Å². The average molecular weight is 244 g/mol. The lowest BCUT2D eigenvalue weighted by molar-refractivity contribution is 0.0702. The lowest BCUT2D eigenvalue weighted by Gasteiger charge is -2.29. The highest BCUT2D eigenvalue weighted by Crippen LogP contribution is 2.23. The summed E-state index contributed by atoms with van der Waals surface area (Å²) in [4.78, 5) is 14.7. The Kier molecular flexibility index (Phi) is 3.32. The summed E-state index contributed by atoms with van der Waals surface area (Å²) in [6.45, 7) is 4.01. The summed E-state index contributed by atoms with van der Waals surface area (Å²) in [6.07, 6.45) is 2.23. The molecule has 0 unspecified atom stereocenters. The number of amides is 1. The van der Waals surface area contributed by atoms with E-state index in [1.54, 1.807) is 11.4 Å². The lowest BCUT2D eigenvalue weighted by atomic mass is 9.99. The van der Waals surface area contributed by atoms with Gasteiger partial charge in [0.05, 0.1) is 9.90 Å². The van der Waals surface area contributed by atoms with Crippen molar-refractivity contribution in [1.82, 2.24) is 4.90 Å². The van der Waals surface area contributed by atoms with Crippen molar-refractivity contribution >= 4 is 28.8 Å². The number of rotatable bonds is 1. The molecule has 0 radical (unpaired) electrons. The Labute approximate surface area is 98.8 Å². The molecule has 2 rings (SSSR count). The molecule has 1 amide bonds. The third-order valence-corrected chi connectivity index (χ3v) is 4.11. The zero-order chi connectivity index (χ0) is 10.8. The second-order valence-electron chi connectivity index (χ2n) is 4.10. The van der Waals surface area contributed by atoms with E-state index in [4.69, 9.17) is 11.6 Å². The first-order valence-corrected chi connectivity index (χ1v) is 6.46. The standard InChI is InChI=1S/C11H14ClNOS/c1-8-2-4-13(5-3-8)11(14)10-6-9(12)7-15-10/h6-8H,2-5H2,1H3. The van der Waals surface area contributed by atoms with Gasteiger partial charge in [-0.1, -0.05) is 18.5 Å². The molecule has 0 aliphatic carbocycles. The van der Waals surface area contributed by atoms with Gasteiger partial charge in [-0.15, -0.1) is 11.3 Å². The van der Waals surface area contributed by atoms with Crippen molar-refractivity contribution in [3.63, 3.8) is 0 Å². The van der Waals surface area contributed by atoms with Crippen LogP contribution in [0.25, 0.3) is 0 Å². The highest BCUT2D eigenvalue weighted by atomic mass is 35.5. The highest BCUT2D eigenvalue weighted by Gasteiger charge is 2.22. The zero-order valence-corrected chi connectivity index (χ0v) is 10.3.